The first-order valence-electron chi connectivity index (χ1n) is 8.21. The Morgan fingerprint density at radius 3 is 2.50 bits per heavy atom. The van der Waals surface area contributed by atoms with Gasteiger partial charge < -0.3 is 14.5 Å². The zero-order valence-electron chi connectivity index (χ0n) is 15.0. The SMILES string of the molecule is COc1ccc(CN(C)Cc2cc(=O)[nH]c3ccc(Br)cc23)c(OC)c1. The number of pyridine rings is 1. The van der Waals surface area contributed by atoms with Gasteiger partial charge in [-0.15, -0.1) is 0 Å². The van der Waals surface area contributed by atoms with Gasteiger partial charge in [0.2, 0.25) is 5.56 Å². The Labute approximate surface area is 160 Å². The average Bonchev–Trinajstić information content (AvgIpc) is 2.62. The number of aromatic nitrogens is 1. The predicted molar refractivity (Wildman–Crippen MR) is 107 cm³/mol. The number of aromatic amines is 1. The van der Waals surface area contributed by atoms with Gasteiger partial charge in [0.25, 0.3) is 0 Å². The Bertz CT molecular complexity index is 984. The summed E-state index contributed by atoms with van der Waals surface area (Å²) < 4.78 is 11.7. The van der Waals surface area contributed by atoms with Gasteiger partial charge in [0.1, 0.15) is 11.5 Å². The molecule has 1 heterocycles. The summed E-state index contributed by atoms with van der Waals surface area (Å²) in [5.41, 5.74) is 2.79. The van der Waals surface area contributed by atoms with E-state index in [1.54, 1.807) is 20.3 Å². The zero-order valence-corrected chi connectivity index (χ0v) is 16.6. The summed E-state index contributed by atoms with van der Waals surface area (Å²) in [4.78, 5) is 17.0. The average molecular weight is 417 g/mol. The van der Waals surface area contributed by atoms with Gasteiger partial charge in [0.15, 0.2) is 0 Å². The van der Waals surface area contributed by atoms with Crippen LogP contribution in [0.2, 0.25) is 0 Å². The Balaban J connectivity index is 1.87. The van der Waals surface area contributed by atoms with Crippen LogP contribution in [0.25, 0.3) is 10.9 Å². The predicted octanol–water partition coefficient (Wildman–Crippen LogP) is 3.94. The van der Waals surface area contributed by atoms with E-state index in [0.717, 1.165) is 38.0 Å². The first-order valence-corrected chi connectivity index (χ1v) is 9.00. The van der Waals surface area contributed by atoms with Crippen LogP contribution in [0, 0.1) is 0 Å². The van der Waals surface area contributed by atoms with Crippen molar-refractivity contribution in [3.63, 3.8) is 0 Å². The number of hydrogen-bond acceptors (Lipinski definition) is 4. The lowest BCUT2D eigenvalue weighted by Gasteiger charge is -2.20. The smallest absolute Gasteiger partial charge is 0.248 e. The fraction of sp³-hybridized carbons (Fsp3) is 0.250. The normalized spacial score (nSPS) is 11.1. The highest BCUT2D eigenvalue weighted by molar-refractivity contribution is 9.10. The number of H-pyrrole nitrogens is 1. The van der Waals surface area contributed by atoms with Crippen LogP contribution in [-0.4, -0.2) is 31.2 Å². The van der Waals surface area contributed by atoms with Gasteiger partial charge in [0.05, 0.1) is 14.2 Å². The molecule has 0 fully saturated rings. The van der Waals surface area contributed by atoms with Crippen LogP contribution in [0.1, 0.15) is 11.1 Å². The van der Waals surface area contributed by atoms with E-state index in [1.165, 1.54) is 0 Å². The lowest BCUT2D eigenvalue weighted by molar-refractivity contribution is 0.310. The molecule has 5 nitrogen and oxygen atoms in total. The molecule has 0 aliphatic carbocycles. The Morgan fingerprint density at radius 2 is 1.77 bits per heavy atom. The van der Waals surface area contributed by atoms with Crippen LogP contribution in [0.15, 0.2) is 51.7 Å². The topological polar surface area (TPSA) is 54.6 Å². The number of fused-ring (bicyclic) bond motifs is 1. The number of halogens is 1. The molecule has 3 aromatic rings. The van der Waals surface area contributed by atoms with Crippen molar-refractivity contribution in [2.75, 3.05) is 21.3 Å². The molecule has 1 aromatic heterocycles. The molecular formula is C20H21BrN2O3. The Morgan fingerprint density at radius 1 is 1.00 bits per heavy atom. The molecule has 0 unspecified atom stereocenters. The molecular weight excluding hydrogens is 396 g/mol. The van der Waals surface area contributed by atoms with Crippen molar-refractivity contribution >= 4 is 26.8 Å². The van der Waals surface area contributed by atoms with E-state index in [0.29, 0.717) is 13.1 Å². The molecule has 1 N–H and O–H groups in total. The molecule has 0 bridgehead atoms. The third-order valence-corrected chi connectivity index (χ3v) is 4.76. The highest BCUT2D eigenvalue weighted by Crippen LogP contribution is 2.26. The Kier molecular flexibility index (Phi) is 5.64. The van der Waals surface area contributed by atoms with Gasteiger partial charge in [-0.3, -0.25) is 9.69 Å². The first kappa shape index (κ1) is 18.5. The van der Waals surface area contributed by atoms with Gasteiger partial charge in [0, 0.05) is 46.2 Å². The maximum atomic E-state index is 12.0. The minimum Gasteiger partial charge on any atom is -0.497 e. The maximum Gasteiger partial charge on any atom is 0.248 e. The first-order chi connectivity index (χ1) is 12.5. The highest BCUT2D eigenvalue weighted by atomic mass is 79.9. The fourth-order valence-electron chi connectivity index (χ4n) is 3.05. The zero-order chi connectivity index (χ0) is 18.7. The van der Waals surface area contributed by atoms with Crippen LogP contribution < -0.4 is 15.0 Å². The molecule has 0 saturated carbocycles. The van der Waals surface area contributed by atoms with E-state index >= 15 is 0 Å². The van der Waals surface area contributed by atoms with Crippen molar-refractivity contribution in [2.24, 2.45) is 0 Å². The van der Waals surface area contributed by atoms with Gasteiger partial charge in [-0.2, -0.15) is 0 Å². The molecule has 0 aliphatic heterocycles. The second-order valence-corrected chi connectivity index (χ2v) is 7.11. The molecule has 0 saturated heterocycles. The molecule has 0 amide bonds. The maximum absolute atomic E-state index is 12.0. The molecule has 0 radical (unpaired) electrons. The van der Waals surface area contributed by atoms with E-state index < -0.39 is 0 Å². The third kappa shape index (κ3) is 4.08. The van der Waals surface area contributed by atoms with Gasteiger partial charge in [-0.05, 0) is 36.9 Å². The second kappa shape index (κ2) is 7.93. The van der Waals surface area contributed by atoms with E-state index in [2.05, 4.69) is 25.8 Å². The summed E-state index contributed by atoms with van der Waals surface area (Å²) >= 11 is 3.50. The van der Waals surface area contributed by atoms with E-state index in [9.17, 15) is 4.79 Å². The molecule has 0 atom stereocenters. The van der Waals surface area contributed by atoms with Crippen LogP contribution in [0.3, 0.4) is 0 Å². The molecule has 3 rings (SSSR count). The largest absolute Gasteiger partial charge is 0.497 e. The van der Waals surface area contributed by atoms with Crippen LogP contribution in [0.5, 0.6) is 11.5 Å². The molecule has 0 spiro atoms. The number of nitrogens with zero attached hydrogens (tertiary/aromatic N) is 1. The van der Waals surface area contributed by atoms with Gasteiger partial charge in [-0.25, -0.2) is 0 Å². The minimum atomic E-state index is -0.0924. The van der Waals surface area contributed by atoms with Gasteiger partial charge in [-0.1, -0.05) is 22.0 Å². The molecule has 6 heteroatoms. The lowest BCUT2D eigenvalue weighted by Crippen LogP contribution is -2.19. The van der Waals surface area contributed by atoms with Crippen LogP contribution in [-0.2, 0) is 13.1 Å². The lowest BCUT2D eigenvalue weighted by atomic mass is 10.1. The molecule has 2 aromatic carbocycles. The minimum absolute atomic E-state index is 0.0924. The standard InChI is InChI=1S/C20H21BrN2O3/c1-23(11-13-4-6-16(25-2)10-19(13)26-3)12-14-8-20(24)22-18-7-5-15(21)9-17(14)18/h4-10H,11-12H2,1-3H3,(H,22,24). The van der Waals surface area contributed by atoms with Crippen molar-refractivity contribution in [1.82, 2.24) is 9.88 Å². The molecule has 26 heavy (non-hydrogen) atoms. The van der Waals surface area contributed by atoms with E-state index in [1.807, 2.05) is 43.4 Å². The molecule has 136 valence electrons. The summed E-state index contributed by atoms with van der Waals surface area (Å²) in [6, 6.07) is 13.3. The number of hydrogen-bond donors (Lipinski definition) is 1. The van der Waals surface area contributed by atoms with E-state index in [-0.39, 0.29) is 5.56 Å². The summed E-state index contributed by atoms with van der Waals surface area (Å²) in [6.45, 7) is 1.33. The number of ether oxygens (including phenoxy) is 2. The van der Waals surface area contributed by atoms with Crippen molar-refractivity contribution in [3.05, 3.63) is 68.4 Å². The van der Waals surface area contributed by atoms with E-state index in [4.69, 9.17) is 9.47 Å². The van der Waals surface area contributed by atoms with Crippen molar-refractivity contribution in [2.45, 2.75) is 13.1 Å². The number of rotatable bonds is 6. The Hall–Kier alpha value is -2.31. The highest BCUT2D eigenvalue weighted by Gasteiger charge is 2.11. The van der Waals surface area contributed by atoms with Gasteiger partial charge >= 0.3 is 0 Å². The summed E-state index contributed by atoms with van der Waals surface area (Å²) in [6.07, 6.45) is 0. The molecule has 0 aliphatic rings. The van der Waals surface area contributed by atoms with Crippen molar-refractivity contribution in [3.8, 4) is 11.5 Å². The van der Waals surface area contributed by atoms with Crippen LogP contribution in [0.4, 0.5) is 0 Å². The quantitative estimate of drug-likeness (QED) is 0.660. The fourth-order valence-corrected chi connectivity index (χ4v) is 3.41. The second-order valence-electron chi connectivity index (χ2n) is 6.20. The van der Waals surface area contributed by atoms with Crippen molar-refractivity contribution < 1.29 is 9.47 Å². The number of methoxy groups -OCH3 is 2. The third-order valence-electron chi connectivity index (χ3n) is 4.27. The number of benzene rings is 2. The summed E-state index contributed by atoms with van der Waals surface area (Å²) in [5.74, 6) is 1.55. The monoisotopic (exact) mass is 416 g/mol. The summed E-state index contributed by atoms with van der Waals surface area (Å²) in [7, 11) is 5.31. The van der Waals surface area contributed by atoms with Crippen molar-refractivity contribution in [1.29, 1.82) is 0 Å². The van der Waals surface area contributed by atoms with Crippen LogP contribution >= 0.6 is 15.9 Å². The number of nitrogens with one attached hydrogen (secondary N) is 1. The summed E-state index contributed by atoms with van der Waals surface area (Å²) in [5, 5.41) is 1.03.